The SMILES string of the molecule is Cc1nc(CC2CCCN2)sc1C. The van der Waals surface area contributed by atoms with E-state index in [1.165, 1.54) is 35.0 Å². The zero-order valence-corrected chi connectivity index (χ0v) is 9.08. The van der Waals surface area contributed by atoms with Gasteiger partial charge in [0.05, 0.1) is 10.7 Å². The van der Waals surface area contributed by atoms with Crippen molar-refractivity contribution in [1.29, 1.82) is 0 Å². The summed E-state index contributed by atoms with van der Waals surface area (Å²) in [5.74, 6) is 0. The van der Waals surface area contributed by atoms with Crippen molar-refractivity contribution in [2.24, 2.45) is 0 Å². The number of nitrogens with zero attached hydrogens (tertiary/aromatic N) is 1. The Bertz CT molecular complexity index is 268. The summed E-state index contributed by atoms with van der Waals surface area (Å²) in [5.41, 5.74) is 1.21. The molecular formula is C10H16N2S. The van der Waals surface area contributed by atoms with Crippen LogP contribution in [0.2, 0.25) is 0 Å². The molecule has 1 N–H and O–H groups in total. The minimum absolute atomic E-state index is 0.685. The summed E-state index contributed by atoms with van der Waals surface area (Å²) >= 11 is 1.85. The number of hydrogen-bond donors (Lipinski definition) is 1. The number of hydrogen-bond acceptors (Lipinski definition) is 3. The van der Waals surface area contributed by atoms with E-state index in [-0.39, 0.29) is 0 Å². The van der Waals surface area contributed by atoms with Crippen molar-refractivity contribution >= 4 is 11.3 Å². The molecule has 13 heavy (non-hydrogen) atoms. The zero-order valence-electron chi connectivity index (χ0n) is 8.26. The van der Waals surface area contributed by atoms with Gasteiger partial charge >= 0.3 is 0 Å². The molecule has 0 aromatic carbocycles. The zero-order chi connectivity index (χ0) is 9.26. The molecule has 1 saturated heterocycles. The van der Waals surface area contributed by atoms with Gasteiger partial charge in [-0.15, -0.1) is 11.3 Å². The Morgan fingerprint density at radius 3 is 2.92 bits per heavy atom. The molecule has 1 aromatic heterocycles. The molecule has 0 amide bonds. The van der Waals surface area contributed by atoms with Gasteiger partial charge in [-0.05, 0) is 33.2 Å². The highest BCUT2D eigenvalue weighted by Gasteiger charge is 2.16. The maximum Gasteiger partial charge on any atom is 0.0946 e. The Kier molecular flexibility index (Phi) is 2.65. The van der Waals surface area contributed by atoms with Gasteiger partial charge in [0.1, 0.15) is 0 Å². The lowest BCUT2D eigenvalue weighted by atomic mass is 10.2. The second kappa shape index (κ2) is 3.76. The van der Waals surface area contributed by atoms with Crippen molar-refractivity contribution in [3.05, 3.63) is 15.6 Å². The Labute approximate surface area is 83.4 Å². The van der Waals surface area contributed by atoms with E-state index in [1.807, 2.05) is 11.3 Å². The predicted molar refractivity (Wildman–Crippen MR) is 56.3 cm³/mol. The molecule has 0 spiro atoms. The third-order valence-electron chi connectivity index (χ3n) is 2.66. The minimum atomic E-state index is 0.685. The molecule has 2 heterocycles. The molecule has 1 atom stereocenters. The summed E-state index contributed by atoms with van der Waals surface area (Å²) in [7, 11) is 0. The Morgan fingerprint density at radius 1 is 1.54 bits per heavy atom. The highest BCUT2D eigenvalue weighted by molar-refractivity contribution is 7.11. The lowest BCUT2D eigenvalue weighted by Gasteiger charge is -2.05. The van der Waals surface area contributed by atoms with Gasteiger partial charge in [-0.2, -0.15) is 0 Å². The van der Waals surface area contributed by atoms with Gasteiger partial charge in [-0.3, -0.25) is 0 Å². The van der Waals surface area contributed by atoms with Gasteiger partial charge in [0.2, 0.25) is 0 Å². The molecule has 1 fully saturated rings. The molecule has 1 aliphatic heterocycles. The standard InChI is InChI=1S/C10H16N2S/c1-7-8(2)13-10(12-7)6-9-4-3-5-11-9/h9,11H,3-6H2,1-2H3. The summed E-state index contributed by atoms with van der Waals surface area (Å²) in [6.45, 7) is 5.43. The van der Waals surface area contributed by atoms with E-state index in [0.717, 1.165) is 6.42 Å². The molecule has 0 aliphatic carbocycles. The normalized spacial score (nSPS) is 22.5. The van der Waals surface area contributed by atoms with Crippen LogP contribution in [0.1, 0.15) is 28.4 Å². The predicted octanol–water partition coefficient (Wildman–Crippen LogP) is 2.05. The van der Waals surface area contributed by atoms with Gasteiger partial charge in [0, 0.05) is 17.3 Å². The number of nitrogens with one attached hydrogen (secondary N) is 1. The first-order valence-corrected chi connectivity index (χ1v) is 5.73. The van der Waals surface area contributed by atoms with Crippen molar-refractivity contribution in [1.82, 2.24) is 10.3 Å². The van der Waals surface area contributed by atoms with E-state index in [9.17, 15) is 0 Å². The molecule has 2 nitrogen and oxygen atoms in total. The fourth-order valence-corrected chi connectivity index (χ4v) is 2.78. The van der Waals surface area contributed by atoms with Crippen LogP contribution in [0, 0.1) is 13.8 Å². The summed E-state index contributed by atoms with van der Waals surface area (Å²) in [4.78, 5) is 5.92. The first kappa shape index (κ1) is 9.16. The Balaban J connectivity index is 2.00. The Hall–Kier alpha value is -0.410. The van der Waals surface area contributed by atoms with E-state index in [2.05, 4.69) is 24.1 Å². The van der Waals surface area contributed by atoms with E-state index in [0.29, 0.717) is 6.04 Å². The van der Waals surface area contributed by atoms with Crippen LogP contribution in [-0.2, 0) is 6.42 Å². The van der Waals surface area contributed by atoms with Gasteiger partial charge < -0.3 is 5.32 Å². The molecule has 3 heteroatoms. The highest BCUT2D eigenvalue weighted by atomic mass is 32.1. The topological polar surface area (TPSA) is 24.9 Å². The fourth-order valence-electron chi connectivity index (χ4n) is 1.77. The number of aryl methyl sites for hydroxylation is 2. The van der Waals surface area contributed by atoms with Gasteiger partial charge in [0.25, 0.3) is 0 Å². The van der Waals surface area contributed by atoms with Crippen LogP contribution in [0.5, 0.6) is 0 Å². The highest BCUT2D eigenvalue weighted by Crippen LogP contribution is 2.19. The maximum atomic E-state index is 4.55. The second-order valence-corrected chi connectivity index (χ2v) is 5.03. The first-order chi connectivity index (χ1) is 6.25. The van der Waals surface area contributed by atoms with E-state index >= 15 is 0 Å². The molecule has 1 unspecified atom stereocenters. The molecule has 72 valence electrons. The van der Waals surface area contributed by atoms with Crippen molar-refractivity contribution in [2.45, 2.75) is 39.2 Å². The van der Waals surface area contributed by atoms with Gasteiger partial charge in [-0.1, -0.05) is 0 Å². The quantitative estimate of drug-likeness (QED) is 0.783. The first-order valence-electron chi connectivity index (χ1n) is 4.92. The average Bonchev–Trinajstić information content (AvgIpc) is 2.64. The molecule has 0 radical (unpaired) electrons. The van der Waals surface area contributed by atoms with Crippen molar-refractivity contribution in [3.8, 4) is 0 Å². The van der Waals surface area contributed by atoms with Crippen molar-refractivity contribution < 1.29 is 0 Å². The number of thiazole rings is 1. The van der Waals surface area contributed by atoms with E-state index in [4.69, 9.17) is 0 Å². The van der Waals surface area contributed by atoms with Crippen LogP contribution in [0.4, 0.5) is 0 Å². The lowest BCUT2D eigenvalue weighted by Crippen LogP contribution is -2.23. The van der Waals surface area contributed by atoms with Crippen molar-refractivity contribution in [2.75, 3.05) is 6.54 Å². The summed E-state index contributed by atoms with van der Waals surface area (Å²) < 4.78 is 0. The van der Waals surface area contributed by atoms with Crippen LogP contribution in [0.15, 0.2) is 0 Å². The van der Waals surface area contributed by atoms with Crippen LogP contribution < -0.4 is 5.32 Å². The van der Waals surface area contributed by atoms with Crippen LogP contribution in [-0.4, -0.2) is 17.6 Å². The Morgan fingerprint density at radius 2 is 2.38 bits per heavy atom. The second-order valence-electron chi connectivity index (χ2n) is 3.75. The lowest BCUT2D eigenvalue weighted by molar-refractivity contribution is 0.601. The summed E-state index contributed by atoms with van der Waals surface area (Å²) in [6, 6.07) is 0.685. The third kappa shape index (κ3) is 2.09. The molecule has 0 saturated carbocycles. The maximum absolute atomic E-state index is 4.55. The minimum Gasteiger partial charge on any atom is -0.314 e. The monoisotopic (exact) mass is 196 g/mol. The van der Waals surface area contributed by atoms with E-state index < -0.39 is 0 Å². The number of aromatic nitrogens is 1. The molecule has 1 aliphatic rings. The van der Waals surface area contributed by atoms with Crippen LogP contribution in [0.3, 0.4) is 0 Å². The van der Waals surface area contributed by atoms with E-state index in [1.54, 1.807) is 0 Å². The van der Waals surface area contributed by atoms with Crippen molar-refractivity contribution in [3.63, 3.8) is 0 Å². The average molecular weight is 196 g/mol. The molecule has 0 bridgehead atoms. The van der Waals surface area contributed by atoms with Gasteiger partial charge in [0.15, 0.2) is 0 Å². The summed E-state index contributed by atoms with van der Waals surface area (Å²) in [5, 5.41) is 4.80. The fraction of sp³-hybridized carbons (Fsp3) is 0.700. The number of rotatable bonds is 2. The van der Waals surface area contributed by atoms with Gasteiger partial charge in [-0.25, -0.2) is 4.98 Å². The smallest absolute Gasteiger partial charge is 0.0946 e. The molecule has 2 rings (SSSR count). The summed E-state index contributed by atoms with van der Waals surface area (Å²) in [6.07, 6.45) is 3.77. The van der Waals surface area contributed by atoms with Crippen LogP contribution >= 0.6 is 11.3 Å². The molecule has 1 aromatic rings. The van der Waals surface area contributed by atoms with Crippen LogP contribution in [0.25, 0.3) is 0 Å². The molecular weight excluding hydrogens is 180 g/mol. The largest absolute Gasteiger partial charge is 0.314 e. The third-order valence-corrected chi connectivity index (χ3v) is 3.75.